The van der Waals surface area contributed by atoms with Crippen molar-refractivity contribution in [1.29, 1.82) is 0 Å². The van der Waals surface area contributed by atoms with Crippen LogP contribution < -0.4 is 16.2 Å². The van der Waals surface area contributed by atoms with E-state index in [9.17, 15) is 19.1 Å². The number of carbonyl (C=O) groups is 1. The number of nitrogens with zero attached hydrogens (tertiary/aromatic N) is 3. The van der Waals surface area contributed by atoms with Crippen molar-refractivity contribution < 1.29 is 14.3 Å². The standard InChI is InChI=1S/C25H29FN4O3/c1-15(2)14-30-20-6-4-5-19(21(20)23(31)22(24(27)32)25(30)33)16-11-17(26)13-18(12-16)29-9-7-28(3)8-10-29/h4-6,11-13,15,31H,7-10,14H2,1-3H3,(H2,27,32). The van der Waals surface area contributed by atoms with Gasteiger partial charge < -0.3 is 25.2 Å². The Labute approximate surface area is 191 Å². The summed E-state index contributed by atoms with van der Waals surface area (Å²) in [6, 6.07) is 10.0. The first-order valence-corrected chi connectivity index (χ1v) is 11.1. The molecule has 1 saturated heterocycles. The second-order valence-electron chi connectivity index (χ2n) is 9.09. The first-order valence-electron chi connectivity index (χ1n) is 11.1. The van der Waals surface area contributed by atoms with Gasteiger partial charge in [0.25, 0.3) is 11.5 Å². The number of carbonyl (C=O) groups excluding carboxylic acids is 1. The van der Waals surface area contributed by atoms with Crippen molar-refractivity contribution in [3.05, 3.63) is 58.1 Å². The molecule has 33 heavy (non-hydrogen) atoms. The van der Waals surface area contributed by atoms with Gasteiger partial charge in [0.05, 0.1) is 5.52 Å². The van der Waals surface area contributed by atoms with Gasteiger partial charge in [0.2, 0.25) is 0 Å². The summed E-state index contributed by atoms with van der Waals surface area (Å²) >= 11 is 0. The Morgan fingerprint density at radius 1 is 1.15 bits per heavy atom. The lowest BCUT2D eigenvalue weighted by Crippen LogP contribution is -2.44. The van der Waals surface area contributed by atoms with E-state index < -0.39 is 28.6 Å². The minimum Gasteiger partial charge on any atom is -0.506 e. The smallest absolute Gasteiger partial charge is 0.267 e. The van der Waals surface area contributed by atoms with E-state index in [1.165, 1.54) is 16.7 Å². The van der Waals surface area contributed by atoms with Crippen LogP contribution in [0.5, 0.6) is 5.75 Å². The maximum Gasteiger partial charge on any atom is 0.267 e. The molecule has 0 spiro atoms. The summed E-state index contributed by atoms with van der Waals surface area (Å²) in [5.74, 6) is -1.76. The molecule has 2 heterocycles. The number of aromatic nitrogens is 1. The van der Waals surface area contributed by atoms with Crippen molar-refractivity contribution in [1.82, 2.24) is 9.47 Å². The third-order valence-corrected chi connectivity index (χ3v) is 6.12. The van der Waals surface area contributed by atoms with Gasteiger partial charge >= 0.3 is 0 Å². The van der Waals surface area contributed by atoms with Crippen LogP contribution in [0.25, 0.3) is 22.0 Å². The van der Waals surface area contributed by atoms with Gasteiger partial charge in [0.1, 0.15) is 17.1 Å². The van der Waals surface area contributed by atoms with Gasteiger partial charge in [-0.15, -0.1) is 0 Å². The molecule has 0 radical (unpaired) electrons. The number of aromatic hydroxyl groups is 1. The highest BCUT2D eigenvalue weighted by Gasteiger charge is 2.24. The molecule has 2 aromatic carbocycles. The molecule has 0 bridgehead atoms. The van der Waals surface area contributed by atoms with Gasteiger partial charge in [-0.05, 0) is 48.4 Å². The van der Waals surface area contributed by atoms with Crippen LogP contribution in [0.1, 0.15) is 24.2 Å². The highest BCUT2D eigenvalue weighted by atomic mass is 19.1. The van der Waals surface area contributed by atoms with Crippen LogP contribution in [0.2, 0.25) is 0 Å². The Balaban J connectivity index is 1.96. The Hall–Kier alpha value is -3.39. The number of pyridine rings is 1. The molecule has 0 saturated carbocycles. The number of amides is 1. The van der Waals surface area contributed by atoms with Crippen molar-refractivity contribution in [2.24, 2.45) is 11.7 Å². The predicted octanol–water partition coefficient (Wildman–Crippen LogP) is 3.02. The third-order valence-electron chi connectivity index (χ3n) is 6.12. The largest absolute Gasteiger partial charge is 0.506 e. The Morgan fingerprint density at radius 2 is 1.85 bits per heavy atom. The molecule has 7 nitrogen and oxygen atoms in total. The number of hydrogen-bond acceptors (Lipinski definition) is 5. The zero-order chi connectivity index (χ0) is 23.9. The fourth-order valence-electron chi connectivity index (χ4n) is 4.47. The summed E-state index contributed by atoms with van der Waals surface area (Å²) in [5, 5.41) is 11.3. The highest BCUT2D eigenvalue weighted by molar-refractivity contribution is 6.06. The number of hydrogen-bond donors (Lipinski definition) is 2. The molecule has 1 aliphatic rings. The van der Waals surface area contributed by atoms with Gasteiger partial charge in [-0.2, -0.15) is 0 Å². The molecule has 1 aliphatic heterocycles. The van der Waals surface area contributed by atoms with E-state index in [1.807, 2.05) is 19.9 Å². The molecule has 1 fully saturated rings. The number of fused-ring (bicyclic) bond motifs is 1. The first kappa shape index (κ1) is 22.8. The zero-order valence-corrected chi connectivity index (χ0v) is 19.1. The SMILES string of the molecule is CC(C)Cn1c(=O)c(C(N)=O)c(O)c2c(-c3cc(F)cc(N4CCN(C)CC4)c3)cccc21. The summed E-state index contributed by atoms with van der Waals surface area (Å²) in [6.07, 6.45) is 0. The zero-order valence-electron chi connectivity index (χ0n) is 19.1. The van der Waals surface area contributed by atoms with E-state index in [0.29, 0.717) is 28.6 Å². The van der Waals surface area contributed by atoms with Crippen LogP contribution in [-0.4, -0.2) is 53.7 Å². The molecule has 1 aromatic heterocycles. The van der Waals surface area contributed by atoms with E-state index in [0.717, 1.165) is 31.9 Å². The predicted molar refractivity (Wildman–Crippen MR) is 128 cm³/mol. The van der Waals surface area contributed by atoms with Crippen molar-refractivity contribution in [3.8, 4) is 16.9 Å². The van der Waals surface area contributed by atoms with Crippen molar-refractivity contribution >= 4 is 22.5 Å². The number of nitrogens with two attached hydrogens (primary N) is 1. The number of primary amides is 1. The van der Waals surface area contributed by atoms with Crippen molar-refractivity contribution in [3.63, 3.8) is 0 Å². The number of halogens is 1. The van der Waals surface area contributed by atoms with E-state index in [-0.39, 0.29) is 5.92 Å². The second kappa shape index (κ2) is 8.86. The molecule has 0 unspecified atom stereocenters. The lowest BCUT2D eigenvalue weighted by atomic mass is 9.97. The molecule has 0 atom stereocenters. The molecule has 4 rings (SSSR count). The normalized spacial score (nSPS) is 14.9. The maximum absolute atomic E-state index is 14.7. The van der Waals surface area contributed by atoms with Crippen LogP contribution in [0.4, 0.5) is 10.1 Å². The third kappa shape index (κ3) is 4.30. The molecule has 3 aromatic rings. The lowest BCUT2D eigenvalue weighted by Gasteiger charge is -2.34. The van der Waals surface area contributed by atoms with E-state index in [4.69, 9.17) is 5.73 Å². The summed E-state index contributed by atoms with van der Waals surface area (Å²) in [4.78, 5) is 29.4. The summed E-state index contributed by atoms with van der Waals surface area (Å²) in [7, 11) is 2.06. The van der Waals surface area contributed by atoms with E-state index >= 15 is 0 Å². The minimum atomic E-state index is -0.996. The van der Waals surface area contributed by atoms with Gasteiger partial charge in [-0.3, -0.25) is 9.59 Å². The van der Waals surface area contributed by atoms with Crippen molar-refractivity contribution in [2.45, 2.75) is 20.4 Å². The van der Waals surface area contributed by atoms with Gasteiger partial charge in [-0.1, -0.05) is 26.0 Å². The maximum atomic E-state index is 14.7. The topological polar surface area (TPSA) is 91.8 Å². The van der Waals surface area contributed by atoms with Gasteiger partial charge in [-0.25, -0.2) is 4.39 Å². The van der Waals surface area contributed by atoms with Crippen LogP contribution in [0.15, 0.2) is 41.2 Å². The molecule has 0 aliphatic carbocycles. The lowest BCUT2D eigenvalue weighted by molar-refractivity contribution is 0.0996. The molecule has 3 N–H and O–H groups in total. The summed E-state index contributed by atoms with van der Waals surface area (Å²) < 4.78 is 16.2. The fourth-order valence-corrected chi connectivity index (χ4v) is 4.47. The van der Waals surface area contributed by atoms with Gasteiger partial charge in [0, 0.05) is 43.8 Å². The molecular formula is C25H29FN4O3. The van der Waals surface area contributed by atoms with Gasteiger partial charge in [0.15, 0.2) is 0 Å². The second-order valence-corrected chi connectivity index (χ2v) is 9.09. The van der Waals surface area contributed by atoms with Crippen LogP contribution in [0.3, 0.4) is 0 Å². The summed E-state index contributed by atoms with van der Waals surface area (Å²) in [6.45, 7) is 7.56. The van der Waals surface area contributed by atoms with E-state index in [2.05, 4.69) is 16.8 Å². The van der Waals surface area contributed by atoms with Crippen LogP contribution in [0, 0.1) is 11.7 Å². The number of rotatable bonds is 5. The summed E-state index contributed by atoms with van der Waals surface area (Å²) in [5.41, 5.74) is 6.69. The van der Waals surface area contributed by atoms with Crippen molar-refractivity contribution in [2.75, 3.05) is 38.1 Å². The number of piperazine rings is 1. The number of benzene rings is 2. The monoisotopic (exact) mass is 452 g/mol. The van der Waals surface area contributed by atoms with Crippen LogP contribution >= 0.6 is 0 Å². The minimum absolute atomic E-state index is 0.109. The molecule has 8 heteroatoms. The Bertz CT molecular complexity index is 1280. The quantitative estimate of drug-likeness (QED) is 0.621. The Morgan fingerprint density at radius 3 is 2.48 bits per heavy atom. The molecule has 1 amide bonds. The average molecular weight is 453 g/mol. The molecule has 174 valence electrons. The average Bonchev–Trinajstić information content (AvgIpc) is 2.76. The first-order chi connectivity index (χ1) is 15.7. The fraction of sp³-hybridized carbons (Fsp3) is 0.360. The molecular weight excluding hydrogens is 423 g/mol. The number of likely N-dealkylation sites (N-methyl/N-ethyl adjacent to an activating group) is 1. The number of anilines is 1. The Kier molecular flexibility index (Phi) is 6.12. The van der Waals surface area contributed by atoms with E-state index in [1.54, 1.807) is 18.2 Å². The highest BCUT2D eigenvalue weighted by Crippen LogP contribution is 2.37. The van der Waals surface area contributed by atoms with Crippen LogP contribution in [-0.2, 0) is 6.54 Å².